The highest BCUT2D eigenvalue weighted by molar-refractivity contribution is 5.85. The van der Waals surface area contributed by atoms with Crippen LogP contribution in [-0.2, 0) is 22.5 Å². The van der Waals surface area contributed by atoms with E-state index in [0.29, 0.717) is 26.0 Å². The number of benzene rings is 1. The van der Waals surface area contributed by atoms with Gasteiger partial charge in [0, 0.05) is 44.3 Å². The smallest absolute Gasteiger partial charge is 0.315 e. The molecule has 0 radical (unpaired) electrons. The third-order valence-electron chi connectivity index (χ3n) is 6.50. The molecular formula is C24H33Cl2N5O3. The molecule has 1 fully saturated rings. The number of ether oxygens (including phenoxy) is 2. The Morgan fingerprint density at radius 2 is 1.82 bits per heavy atom. The Balaban J connectivity index is 0.00000204. The van der Waals surface area contributed by atoms with Crippen LogP contribution < -0.4 is 15.4 Å². The monoisotopic (exact) mass is 509 g/mol. The van der Waals surface area contributed by atoms with Crippen LogP contribution in [0.1, 0.15) is 30.9 Å². The van der Waals surface area contributed by atoms with E-state index >= 15 is 0 Å². The number of halogens is 2. The number of hydrogen-bond acceptors (Lipinski definition) is 6. The summed E-state index contributed by atoms with van der Waals surface area (Å²) in [6, 6.07) is 10.0. The van der Waals surface area contributed by atoms with Crippen LogP contribution in [0, 0.1) is 10.8 Å². The molecule has 3 heterocycles. The second-order valence-corrected chi connectivity index (χ2v) is 8.47. The van der Waals surface area contributed by atoms with E-state index in [1.807, 2.05) is 36.1 Å². The molecule has 34 heavy (non-hydrogen) atoms. The quantitative estimate of drug-likeness (QED) is 0.349. The maximum atomic E-state index is 13.0. The molecule has 0 saturated carbocycles. The second-order valence-electron chi connectivity index (χ2n) is 8.47. The average molecular weight is 510 g/mol. The van der Waals surface area contributed by atoms with Gasteiger partial charge in [-0.05, 0) is 61.6 Å². The number of pyridine rings is 1. The maximum absolute atomic E-state index is 13.0. The van der Waals surface area contributed by atoms with Gasteiger partial charge in [0.25, 0.3) is 0 Å². The molecule has 2 aromatic rings. The number of piperidine rings is 1. The highest BCUT2D eigenvalue weighted by Gasteiger charge is 2.44. The Morgan fingerprint density at radius 3 is 2.47 bits per heavy atom. The fourth-order valence-electron chi connectivity index (χ4n) is 4.49. The molecule has 8 nitrogen and oxygen atoms in total. The molecule has 2 aliphatic heterocycles. The zero-order valence-electron chi connectivity index (χ0n) is 19.4. The predicted octanol–water partition coefficient (Wildman–Crippen LogP) is 3.41. The van der Waals surface area contributed by atoms with Crippen LogP contribution in [0.4, 0.5) is 5.69 Å². The van der Waals surface area contributed by atoms with E-state index < -0.39 is 5.41 Å². The van der Waals surface area contributed by atoms with Crippen molar-refractivity contribution in [1.82, 2.24) is 9.88 Å². The molecule has 0 unspecified atom stereocenters. The van der Waals surface area contributed by atoms with Crippen molar-refractivity contribution in [2.45, 2.75) is 32.7 Å². The molecule has 10 heteroatoms. The lowest BCUT2D eigenvalue weighted by Crippen LogP contribution is -2.48. The zero-order valence-corrected chi connectivity index (χ0v) is 21.0. The molecule has 1 aromatic carbocycles. The maximum Gasteiger partial charge on any atom is 0.315 e. The van der Waals surface area contributed by atoms with E-state index in [1.54, 1.807) is 12.4 Å². The lowest BCUT2D eigenvalue weighted by atomic mass is 9.79. The minimum atomic E-state index is -0.666. The van der Waals surface area contributed by atoms with Crippen molar-refractivity contribution < 1.29 is 14.3 Å². The Morgan fingerprint density at radius 1 is 1.12 bits per heavy atom. The van der Waals surface area contributed by atoms with E-state index in [0.717, 1.165) is 43.1 Å². The Labute approximate surface area is 213 Å². The summed E-state index contributed by atoms with van der Waals surface area (Å²) in [5, 5.41) is 7.70. The first-order chi connectivity index (χ1) is 15.5. The van der Waals surface area contributed by atoms with Crippen molar-refractivity contribution in [2.24, 2.45) is 11.1 Å². The standard InChI is InChI=1S/C24H31N5O3.2ClH/c1-2-31-22(30)24(8-13-28(14-9-24)20-5-10-27-11-6-20)17-32-21-4-3-18-7-12-29(23(25)26)16-19(18)15-21;;/h3-6,10-11,15H,2,7-9,12-14,16-17H2,1H3,(H3,25,26);2*1H. The van der Waals surface area contributed by atoms with Gasteiger partial charge in [-0.3, -0.25) is 15.2 Å². The molecule has 2 aliphatic rings. The molecule has 1 aromatic heterocycles. The minimum Gasteiger partial charge on any atom is -0.492 e. The lowest BCUT2D eigenvalue weighted by molar-refractivity contribution is -0.159. The molecular weight excluding hydrogens is 477 g/mol. The summed E-state index contributed by atoms with van der Waals surface area (Å²) in [7, 11) is 0. The van der Waals surface area contributed by atoms with Gasteiger partial charge < -0.3 is 25.0 Å². The summed E-state index contributed by atoms with van der Waals surface area (Å²) >= 11 is 0. The molecule has 1 saturated heterocycles. The van der Waals surface area contributed by atoms with Gasteiger partial charge in [0.2, 0.25) is 0 Å². The van der Waals surface area contributed by atoms with Gasteiger partial charge >= 0.3 is 5.97 Å². The Kier molecular flexibility index (Phi) is 9.82. The average Bonchev–Trinajstić information content (AvgIpc) is 2.83. The zero-order chi connectivity index (χ0) is 22.6. The van der Waals surface area contributed by atoms with Crippen LogP contribution in [0.25, 0.3) is 0 Å². The van der Waals surface area contributed by atoms with Crippen molar-refractivity contribution in [1.29, 1.82) is 5.41 Å². The largest absolute Gasteiger partial charge is 0.492 e. The second kappa shape index (κ2) is 12.1. The van der Waals surface area contributed by atoms with Gasteiger partial charge in [-0.2, -0.15) is 0 Å². The predicted molar refractivity (Wildman–Crippen MR) is 137 cm³/mol. The third-order valence-corrected chi connectivity index (χ3v) is 6.50. The number of nitrogens with zero attached hydrogens (tertiary/aromatic N) is 3. The number of nitrogens with two attached hydrogens (primary N) is 1. The first kappa shape index (κ1) is 27.5. The number of esters is 1. The number of carbonyl (C=O) groups is 1. The molecule has 3 N–H and O–H groups in total. The number of carbonyl (C=O) groups excluding carboxylic acids is 1. The van der Waals surface area contributed by atoms with E-state index in [9.17, 15) is 4.79 Å². The van der Waals surface area contributed by atoms with Gasteiger partial charge in [-0.25, -0.2) is 0 Å². The molecule has 0 atom stereocenters. The van der Waals surface area contributed by atoms with Crippen molar-refractivity contribution in [2.75, 3.05) is 37.7 Å². The fraction of sp³-hybridized carbons (Fsp3) is 0.458. The van der Waals surface area contributed by atoms with Gasteiger partial charge in [0.05, 0.1) is 6.61 Å². The van der Waals surface area contributed by atoms with Crippen LogP contribution in [0.15, 0.2) is 42.7 Å². The van der Waals surface area contributed by atoms with Crippen LogP contribution in [0.2, 0.25) is 0 Å². The molecule has 4 rings (SSSR count). The van der Waals surface area contributed by atoms with Crippen LogP contribution in [-0.4, -0.2) is 54.7 Å². The van der Waals surface area contributed by atoms with Crippen LogP contribution in [0.5, 0.6) is 5.75 Å². The molecule has 0 amide bonds. The number of aromatic nitrogens is 1. The highest BCUT2D eigenvalue weighted by Crippen LogP contribution is 2.36. The van der Waals surface area contributed by atoms with Gasteiger partial charge in [0.15, 0.2) is 5.96 Å². The summed E-state index contributed by atoms with van der Waals surface area (Å²) in [6.07, 6.45) is 5.76. The van der Waals surface area contributed by atoms with Crippen molar-refractivity contribution in [3.8, 4) is 5.75 Å². The Hall–Kier alpha value is -2.71. The van der Waals surface area contributed by atoms with Gasteiger partial charge in [-0.15, -0.1) is 24.8 Å². The summed E-state index contributed by atoms with van der Waals surface area (Å²) in [5.41, 5.74) is 8.48. The molecule has 186 valence electrons. The van der Waals surface area contributed by atoms with Crippen molar-refractivity contribution in [3.63, 3.8) is 0 Å². The number of hydrogen-bond donors (Lipinski definition) is 2. The van der Waals surface area contributed by atoms with E-state index in [4.69, 9.17) is 20.6 Å². The fourth-order valence-corrected chi connectivity index (χ4v) is 4.49. The normalized spacial score (nSPS) is 16.4. The van der Waals surface area contributed by atoms with Gasteiger partial charge in [-0.1, -0.05) is 6.07 Å². The summed E-state index contributed by atoms with van der Waals surface area (Å²) in [6.45, 7) is 5.34. The van der Waals surface area contributed by atoms with Crippen molar-refractivity contribution in [3.05, 3.63) is 53.9 Å². The summed E-state index contributed by atoms with van der Waals surface area (Å²) < 4.78 is 11.6. The van der Waals surface area contributed by atoms with Crippen molar-refractivity contribution >= 4 is 42.4 Å². The Bertz CT molecular complexity index is 968. The topological polar surface area (TPSA) is 105 Å². The van der Waals surface area contributed by atoms with E-state index in [1.165, 1.54) is 5.56 Å². The first-order valence-electron chi connectivity index (χ1n) is 11.2. The summed E-state index contributed by atoms with van der Waals surface area (Å²) in [4.78, 5) is 21.2. The van der Waals surface area contributed by atoms with E-state index in [2.05, 4.69) is 16.0 Å². The number of guanidine groups is 1. The number of fused-ring (bicyclic) bond motifs is 1. The molecule has 0 spiro atoms. The lowest BCUT2D eigenvalue weighted by Gasteiger charge is -2.40. The summed E-state index contributed by atoms with van der Waals surface area (Å²) in [5.74, 6) is 0.633. The molecule has 0 aliphatic carbocycles. The SMILES string of the molecule is CCOC(=O)C1(COc2ccc3c(c2)CN(C(=N)N)CC3)CCN(c2ccncc2)CC1.Cl.Cl. The first-order valence-corrected chi connectivity index (χ1v) is 11.2. The number of anilines is 1. The van der Waals surface area contributed by atoms with Crippen LogP contribution in [0.3, 0.4) is 0 Å². The number of nitrogens with one attached hydrogen (secondary N) is 1. The third kappa shape index (κ3) is 6.04. The van der Waals surface area contributed by atoms with E-state index in [-0.39, 0.29) is 43.3 Å². The van der Waals surface area contributed by atoms with Crippen LogP contribution >= 0.6 is 24.8 Å². The minimum absolute atomic E-state index is 0. The number of rotatable bonds is 6. The molecule has 0 bridgehead atoms. The van der Waals surface area contributed by atoms with Gasteiger partial charge in [0.1, 0.15) is 17.8 Å². The highest BCUT2D eigenvalue weighted by atomic mass is 35.5.